The van der Waals surface area contributed by atoms with Crippen LogP contribution in [0.5, 0.6) is 5.75 Å². The number of rotatable bonds is 9. The number of sulfonamides is 1. The number of benzene rings is 2. The zero-order chi connectivity index (χ0) is 28.2. The number of pyridine rings is 1. The summed E-state index contributed by atoms with van der Waals surface area (Å²) in [5, 5.41) is 9.27. The first-order valence-electron chi connectivity index (χ1n) is 13.3. The number of ether oxygens (including phenoxy) is 1. The number of aliphatic carboxylic acids is 1. The molecule has 3 aliphatic rings. The zero-order valence-electron chi connectivity index (χ0n) is 22.3. The Morgan fingerprint density at radius 1 is 1.18 bits per heavy atom. The van der Waals surface area contributed by atoms with Crippen LogP contribution in [-0.4, -0.2) is 50.4 Å². The maximum absolute atomic E-state index is 14.7. The number of anilines is 1. The second-order valence-corrected chi connectivity index (χ2v) is 12.7. The minimum Gasteiger partial charge on any atom is -0.489 e. The van der Waals surface area contributed by atoms with Crippen molar-refractivity contribution in [3.8, 4) is 16.9 Å². The largest absolute Gasteiger partial charge is 0.489 e. The van der Waals surface area contributed by atoms with Crippen LogP contribution in [0.3, 0.4) is 0 Å². The molecule has 8 nitrogen and oxygen atoms in total. The zero-order valence-corrected chi connectivity index (χ0v) is 23.1. The van der Waals surface area contributed by atoms with Crippen LogP contribution in [0.4, 0.5) is 10.2 Å². The number of nitrogens with zero attached hydrogens (tertiary/aromatic N) is 2. The van der Waals surface area contributed by atoms with E-state index < -0.39 is 16.0 Å². The van der Waals surface area contributed by atoms with E-state index in [1.807, 2.05) is 31.2 Å². The molecule has 2 N–H and O–H groups in total. The molecular weight excluding hydrogens is 533 g/mol. The van der Waals surface area contributed by atoms with Crippen molar-refractivity contribution in [3.63, 3.8) is 0 Å². The lowest BCUT2D eigenvalue weighted by Crippen LogP contribution is -2.30. The molecule has 2 aromatic carbocycles. The van der Waals surface area contributed by atoms with Gasteiger partial charge in [0.15, 0.2) is 0 Å². The Morgan fingerprint density at radius 3 is 2.73 bits per heavy atom. The molecule has 2 aliphatic carbocycles. The van der Waals surface area contributed by atoms with Crippen LogP contribution in [0.1, 0.15) is 28.8 Å². The number of hydrogen-bond donors (Lipinski definition) is 2. The van der Waals surface area contributed by atoms with Crippen molar-refractivity contribution < 1.29 is 27.4 Å². The first-order chi connectivity index (χ1) is 19.1. The van der Waals surface area contributed by atoms with Gasteiger partial charge in [0.05, 0.1) is 6.26 Å². The first kappa shape index (κ1) is 26.5. The average Bonchev–Trinajstić information content (AvgIpc) is 3.23. The van der Waals surface area contributed by atoms with E-state index in [-0.39, 0.29) is 24.3 Å². The fourth-order valence-corrected chi connectivity index (χ4v) is 6.44. The van der Waals surface area contributed by atoms with Crippen molar-refractivity contribution in [2.45, 2.75) is 26.4 Å². The molecule has 6 rings (SSSR count). The summed E-state index contributed by atoms with van der Waals surface area (Å²) in [6, 6.07) is 14.5. The predicted molar refractivity (Wildman–Crippen MR) is 150 cm³/mol. The highest BCUT2D eigenvalue weighted by Gasteiger charge is 2.47. The summed E-state index contributed by atoms with van der Waals surface area (Å²) in [7, 11) is -3.21. The summed E-state index contributed by atoms with van der Waals surface area (Å²) in [6.45, 7) is 3.95. The van der Waals surface area contributed by atoms with Gasteiger partial charge in [0, 0.05) is 47.9 Å². The molecule has 2 heterocycles. The molecule has 0 bridgehead atoms. The minimum atomic E-state index is -3.21. The first-order valence-corrected chi connectivity index (χ1v) is 15.2. The molecule has 1 saturated heterocycles. The topological polar surface area (TPSA) is 109 Å². The van der Waals surface area contributed by atoms with E-state index in [1.54, 1.807) is 18.2 Å². The molecule has 0 radical (unpaired) electrons. The molecule has 40 heavy (non-hydrogen) atoms. The number of aryl methyl sites for hydroxylation is 1. The van der Waals surface area contributed by atoms with Gasteiger partial charge in [-0.25, -0.2) is 27.3 Å². The SMILES string of the molecule is Cc1nc(N2CCC(CNS(C)(=O)=O)C2)ccc1-c1ccc(F)c(COc2ccc3c(c2)CC2C(C(=O)O)=C32)c1. The van der Waals surface area contributed by atoms with Gasteiger partial charge < -0.3 is 14.7 Å². The molecule has 0 saturated carbocycles. The lowest BCUT2D eigenvalue weighted by atomic mass is 10.0. The molecule has 2 unspecified atom stereocenters. The second kappa shape index (κ2) is 10.0. The summed E-state index contributed by atoms with van der Waals surface area (Å²) in [6.07, 6.45) is 2.73. The van der Waals surface area contributed by atoms with Crippen molar-refractivity contribution in [1.82, 2.24) is 9.71 Å². The van der Waals surface area contributed by atoms with E-state index >= 15 is 0 Å². The number of carboxylic acids is 1. The average molecular weight is 564 g/mol. The van der Waals surface area contributed by atoms with E-state index in [0.717, 1.165) is 58.8 Å². The number of allylic oxidation sites excluding steroid dienone is 1. The van der Waals surface area contributed by atoms with Crippen molar-refractivity contribution in [2.24, 2.45) is 11.8 Å². The maximum atomic E-state index is 14.7. The third kappa shape index (κ3) is 5.21. The van der Waals surface area contributed by atoms with E-state index in [4.69, 9.17) is 9.72 Å². The Labute approximate surface area is 232 Å². The third-order valence-corrected chi connectivity index (χ3v) is 8.68. The number of fused-ring (bicyclic) bond motifs is 3. The number of halogens is 1. The van der Waals surface area contributed by atoms with Gasteiger partial charge in [0.1, 0.15) is 24.0 Å². The summed E-state index contributed by atoms with van der Waals surface area (Å²) in [4.78, 5) is 18.3. The molecule has 0 amide bonds. The standard InChI is InChI=1S/C30H30FN3O5S/c1-17-23(6-8-27(33-17)34-10-9-18(15-34)14-32-40(2,37)38)19-3-7-26(31)21(11-19)16-39-22-4-5-24-20(12-22)13-25-28(24)29(25)30(35)36/h3-8,11-12,18,25,32H,9-10,13-16H2,1-2H3,(H,35,36). The van der Waals surface area contributed by atoms with Crippen LogP contribution < -0.4 is 14.4 Å². The van der Waals surface area contributed by atoms with E-state index in [2.05, 4.69) is 9.62 Å². The highest BCUT2D eigenvalue weighted by molar-refractivity contribution is 7.88. The van der Waals surface area contributed by atoms with E-state index in [0.29, 0.717) is 29.9 Å². The Hall–Kier alpha value is -3.76. The van der Waals surface area contributed by atoms with Crippen LogP contribution >= 0.6 is 0 Å². The number of hydrogen-bond acceptors (Lipinski definition) is 6. The molecule has 1 aliphatic heterocycles. The van der Waals surface area contributed by atoms with Gasteiger partial charge in [-0.2, -0.15) is 0 Å². The molecule has 10 heteroatoms. The van der Waals surface area contributed by atoms with Gasteiger partial charge in [0.2, 0.25) is 10.0 Å². The summed E-state index contributed by atoms with van der Waals surface area (Å²) in [5.74, 6) is 0.520. The maximum Gasteiger partial charge on any atom is 0.332 e. The minimum absolute atomic E-state index is 0.0175. The second-order valence-electron chi connectivity index (χ2n) is 10.8. The quantitative estimate of drug-likeness (QED) is 0.402. The van der Waals surface area contributed by atoms with Crippen molar-refractivity contribution in [1.29, 1.82) is 0 Å². The van der Waals surface area contributed by atoms with Crippen LogP contribution in [0, 0.1) is 24.6 Å². The number of carbonyl (C=O) groups is 1. The van der Waals surface area contributed by atoms with Gasteiger partial charge in [-0.3, -0.25) is 0 Å². The Kier molecular flexibility index (Phi) is 6.62. The monoisotopic (exact) mass is 563 g/mol. The molecule has 208 valence electrons. The fourth-order valence-electron chi connectivity index (χ4n) is 5.90. The number of aromatic nitrogens is 1. The van der Waals surface area contributed by atoms with Gasteiger partial charge in [-0.05, 0) is 84.3 Å². The molecule has 3 aromatic rings. The Bertz CT molecular complexity index is 1670. The third-order valence-electron chi connectivity index (χ3n) is 7.99. The van der Waals surface area contributed by atoms with Gasteiger partial charge >= 0.3 is 5.97 Å². The molecular formula is C30H30FN3O5S. The van der Waals surface area contributed by atoms with E-state index in [1.165, 1.54) is 12.3 Å². The molecule has 0 spiro atoms. The van der Waals surface area contributed by atoms with Gasteiger partial charge in [-0.1, -0.05) is 12.1 Å². The smallest absolute Gasteiger partial charge is 0.332 e. The number of nitrogens with one attached hydrogen (secondary N) is 1. The van der Waals surface area contributed by atoms with Crippen molar-refractivity contribution in [2.75, 3.05) is 30.8 Å². The normalized spacial score (nSPS) is 19.5. The highest BCUT2D eigenvalue weighted by atomic mass is 32.2. The van der Waals surface area contributed by atoms with Gasteiger partial charge in [0.25, 0.3) is 0 Å². The Balaban J connectivity index is 1.13. The molecule has 2 atom stereocenters. The lowest BCUT2D eigenvalue weighted by Gasteiger charge is -2.19. The van der Waals surface area contributed by atoms with Crippen LogP contribution in [-0.2, 0) is 27.8 Å². The fraction of sp³-hybridized carbons (Fsp3) is 0.333. The van der Waals surface area contributed by atoms with Crippen molar-refractivity contribution >= 4 is 27.4 Å². The highest BCUT2D eigenvalue weighted by Crippen LogP contribution is 2.55. The van der Waals surface area contributed by atoms with Gasteiger partial charge in [-0.15, -0.1) is 0 Å². The van der Waals surface area contributed by atoms with Crippen molar-refractivity contribution in [3.05, 3.63) is 82.3 Å². The predicted octanol–water partition coefficient (Wildman–Crippen LogP) is 4.17. The number of carboxylic acid groups (broad SMARTS) is 1. The molecule has 1 aromatic heterocycles. The van der Waals surface area contributed by atoms with Crippen LogP contribution in [0.15, 0.2) is 54.1 Å². The summed E-state index contributed by atoms with van der Waals surface area (Å²) < 4.78 is 46.1. The summed E-state index contributed by atoms with van der Waals surface area (Å²) in [5.41, 5.74) is 6.48. The van der Waals surface area contributed by atoms with Crippen LogP contribution in [0.25, 0.3) is 16.7 Å². The van der Waals surface area contributed by atoms with Crippen LogP contribution in [0.2, 0.25) is 0 Å². The summed E-state index contributed by atoms with van der Waals surface area (Å²) >= 11 is 0. The Morgan fingerprint density at radius 2 is 1.98 bits per heavy atom. The lowest BCUT2D eigenvalue weighted by molar-refractivity contribution is -0.132. The van der Waals surface area contributed by atoms with E-state index in [9.17, 15) is 22.7 Å². The molecule has 1 fully saturated rings.